The van der Waals surface area contributed by atoms with Gasteiger partial charge in [0.1, 0.15) is 6.04 Å². The Bertz CT molecular complexity index is 365. The van der Waals surface area contributed by atoms with Gasteiger partial charge < -0.3 is 10.4 Å². The van der Waals surface area contributed by atoms with Gasteiger partial charge in [-0.25, -0.2) is 4.79 Å². The monoisotopic (exact) mass is 289 g/mol. The van der Waals surface area contributed by atoms with Crippen LogP contribution in [0, 0.1) is 3.57 Å². The maximum atomic E-state index is 10.7. The lowest BCUT2D eigenvalue weighted by atomic mass is 10.1. The average Bonchev–Trinajstić information content (AvgIpc) is 2.49. The predicted molar refractivity (Wildman–Crippen MR) is 57.9 cm³/mol. The maximum Gasteiger partial charge on any atom is 0.326 e. The van der Waals surface area contributed by atoms with Crippen LogP contribution in [0.3, 0.4) is 0 Å². The van der Waals surface area contributed by atoms with Gasteiger partial charge >= 0.3 is 5.97 Å². The molecular weight excluding hydrogens is 281 g/mol. The molecule has 0 saturated carbocycles. The van der Waals surface area contributed by atoms with Crippen LogP contribution in [0.15, 0.2) is 18.2 Å². The highest BCUT2D eigenvalue weighted by Crippen LogP contribution is 2.29. The van der Waals surface area contributed by atoms with E-state index in [-0.39, 0.29) is 0 Å². The van der Waals surface area contributed by atoms with Gasteiger partial charge in [-0.2, -0.15) is 0 Å². The largest absolute Gasteiger partial charge is 0.480 e. The Balaban J connectivity index is 2.35. The summed E-state index contributed by atoms with van der Waals surface area (Å²) >= 11 is 2.23. The standard InChI is InChI=1S/C9H8INO2/c10-6-2-1-3-7-5(6)4-8(11-7)9(12)13/h1-3,8,11H,4H2,(H,12,13)/t8-/m1/s1. The lowest BCUT2D eigenvalue weighted by molar-refractivity contribution is -0.137. The van der Waals surface area contributed by atoms with E-state index in [0.717, 1.165) is 14.8 Å². The second kappa shape index (κ2) is 3.17. The van der Waals surface area contributed by atoms with Crippen LogP contribution in [0.1, 0.15) is 5.56 Å². The molecule has 1 atom stereocenters. The van der Waals surface area contributed by atoms with E-state index in [1.165, 1.54) is 0 Å². The fraction of sp³-hybridized carbons (Fsp3) is 0.222. The van der Waals surface area contributed by atoms with Crippen molar-refractivity contribution in [2.75, 3.05) is 5.32 Å². The molecule has 1 aliphatic rings. The van der Waals surface area contributed by atoms with Gasteiger partial charge in [0, 0.05) is 15.7 Å². The number of carboxylic acids is 1. The summed E-state index contributed by atoms with van der Waals surface area (Å²) < 4.78 is 1.13. The maximum absolute atomic E-state index is 10.7. The number of carbonyl (C=O) groups is 1. The molecule has 0 spiro atoms. The molecule has 0 fully saturated rings. The summed E-state index contributed by atoms with van der Waals surface area (Å²) in [5, 5.41) is 11.8. The molecule has 3 nitrogen and oxygen atoms in total. The van der Waals surface area contributed by atoms with Gasteiger partial charge in [-0.15, -0.1) is 0 Å². The van der Waals surface area contributed by atoms with E-state index in [4.69, 9.17) is 5.11 Å². The smallest absolute Gasteiger partial charge is 0.326 e. The molecule has 0 aliphatic carbocycles. The zero-order valence-electron chi connectivity index (χ0n) is 6.75. The molecule has 4 heteroatoms. The number of halogens is 1. The number of fused-ring (bicyclic) bond motifs is 1. The molecule has 0 saturated heterocycles. The van der Waals surface area contributed by atoms with E-state index in [0.29, 0.717) is 6.42 Å². The number of benzene rings is 1. The third-order valence-electron chi connectivity index (χ3n) is 2.15. The normalized spacial score (nSPS) is 19.3. The summed E-state index contributed by atoms with van der Waals surface area (Å²) in [6, 6.07) is 5.38. The molecule has 0 aromatic heterocycles. The topological polar surface area (TPSA) is 49.3 Å². The Hall–Kier alpha value is -0.780. The Morgan fingerprint density at radius 1 is 1.62 bits per heavy atom. The first-order valence-corrected chi connectivity index (χ1v) is 5.03. The Morgan fingerprint density at radius 2 is 2.38 bits per heavy atom. The van der Waals surface area contributed by atoms with Crippen molar-refractivity contribution in [3.05, 3.63) is 27.3 Å². The van der Waals surface area contributed by atoms with Crippen molar-refractivity contribution in [1.82, 2.24) is 0 Å². The summed E-state index contributed by atoms with van der Waals surface area (Å²) in [5.41, 5.74) is 2.08. The lowest BCUT2D eigenvalue weighted by Crippen LogP contribution is -2.26. The van der Waals surface area contributed by atoms with Crippen LogP contribution in [0.5, 0.6) is 0 Å². The fourth-order valence-electron chi connectivity index (χ4n) is 1.49. The molecular formula is C9H8INO2. The zero-order valence-corrected chi connectivity index (χ0v) is 8.91. The van der Waals surface area contributed by atoms with E-state index in [9.17, 15) is 4.79 Å². The molecule has 1 aromatic rings. The Labute approximate surface area is 89.3 Å². The van der Waals surface area contributed by atoms with Gasteiger partial charge in [-0.3, -0.25) is 0 Å². The van der Waals surface area contributed by atoms with Crippen molar-refractivity contribution in [2.24, 2.45) is 0 Å². The van der Waals surface area contributed by atoms with E-state index in [1.807, 2.05) is 18.2 Å². The van der Waals surface area contributed by atoms with Crippen LogP contribution in [-0.4, -0.2) is 17.1 Å². The molecule has 2 N–H and O–H groups in total. The van der Waals surface area contributed by atoms with E-state index >= 15 is 0 Å². The molecule has 1 aromatic carbocycles. The van der Waals surface area contributed by atoms with Crippen molar-refractivity contribution in [1.29, 1.82) is 0 Å². The summed E-state index contributed by atoms with van der Waals surface area (Å²) in [4.78, 5) is 10.7. The molecule has 2 rings (SSSR count). The second-order valence-electron chi connectivity index (χ2n) is 3.01. The first kappa shape index (κ1) is 8.80. The van der Waals surface area contributed by atoms with Gasteiger partial charge in [-0.1, -0.05) is 6.07 Å². The fourth-order valence-corrected chi connectivity index (χ4v) is 2.21. The third kappa shape index (κ3) is 1.50. The molecule has 0 unspecified atom stereocenters. The Morgan fingerprint density at radius 3 is 3.00 bits per heavy atom. The SMILES string of the molecule is O=C(O)[C@H]1Cc2c(I)cccc2N1. The number of rotatable bonds is 1. The third-order valence-corrected chi connectivity index (χ3v) is 3.17. The summed E-state index contributed by atoms with van der Waals surface area (Å²) in [7, 11) is 0. The van der Waals surface area contributed by atoms with Gasteiger partial charge in [-0.05, 0) is 40.3 Å². The first-order valence-electron chi connectivity index (χ1n) is 3.95. The van der Waals surface area contributed by atoms with Crippen molar-refractivity contribution in [3.63, 3.8) is 0 Å². The van der Waals surface area contributed by atoms with Gasteiger partial charge in [0.15, 0.2) is 0 Å². The number of carboxylic acid groups (broad SMARTS) is 1. The predicted octanol–water partition coefficient (Wildman–Crippen LogP) is 1.71. The quantitative estimate of drug-likeness (QED) is 0.774. The van der Waals surface area contributed by atoms with Crippen LogP contribution in [0.25, 0.3) is 0 Å². The zero-order chi connectivity index (χ0) is 9.42. The van der Waals surface area contributed by atoms with E-state index < -0.39 is 12.0 Å². The minimum atomic E-state index is -0.785. The van der Waals surface area contributed by atoms with E-state index in [1.54, 1.807) is 0 Å². The van der Waals surface area contributed by atoms with Crippen LogP contribution in [0.4, 0.5) is 5.69 Å². The molecule has 0 bridgehead atoms. The van der Waals surface area contributed by atoms with Crippen molar-refractivity contribution < 1.29 is 9.90 Å². The number of aliphatic carboxylic acids is 1. The van der Waals surface area contributed by atoms with Crippen LogP contribution < -0.4 is 5.32 Å². The summed E-state index contributed by atoms with van der Waals surface area (Å²) in [5.74, 6) is -0.785. The number of hydrogen-bond acceptors (Lipinski definition) is 2. The average molecular weight is 289 g/mol. The first-order chi connectivity index (χ1) is 6.18. The van der Waals surface area contributed by atoms with Gasteiger partial charge in [0.25, 0.3) is 0 Å². The summed E-state index contributed by atoms with van der Waals surface area (Å²) in [6.07, 6.45) is 0.587. The van der Waals surface area contributed by atoms with Gasteiger partial charge in [0.05, 0.1) is 0 Å². The highest BCUT2D eigenvalue weighted by molar-refractivity contribution is 14.1. The minimum absolute atomic E-state index is 0.453. The highest BCUT2D eigenvalue weighted by Gasteiger charge is 2.27. The Kier molecular flexibility index (Phi) is 2.15. The molecule has 1 heterocycles. The second-order valence-corrected chi connectivity index (χ2v) is 4.17. The molecule has 0 amide bonds. The van der Waals surface area contributed by atoms with E-state index in [2.05, 4.69) is 27.9 Å². The highest BCUT2D eigenvalue weighted by atomic mass is 127. The molecule has 13 heavy (non-hydrogen) atoms. The molecule has 1 aliphatic heterocycles. The molecule has 0 radical (unpaired) electrons. The van der Waals surface area contributed by atoms with Crippen molar-refractivity contribution >= 4 is 34.2 Å². The van der Waals surface area contributed by atoms with Crippen LogP contribution >= 0.6 is 22.6 Å². The van der Waals surface area contributed by atoms with Crippen LogP contribution in [0.2, 0.25) is 0 Å². The van der Waals surface area contributed by atoms with Crippen molar-refractivity contribution in [3.8, 4) is 0 Å². The lowest BCUT2D eigenvalue weighted by Gasteiger charge is -2.03. The number of hydrogen-bond donors (Lipinski definition) is 2. The molecule has 68 valence electrons. The van der Waals surface area contributed by atoms with Gasteiger partial charge in [0.2, 0.25) is 0 Å². The van der Waals surface area contributed by atoms with Crippen molar-refractivity contribution in [2.45, 2.75) is 12.5 Å². The van der Waals surface area contributed by atoms with Crippen LogP contribution in [-0.2, 0) is 11.2 Å². The number of anilines is 1. The minimum Gasteiger partial charge on any atom is -0.480 e. The summed E-state index contributed by atoms with van der Waals surface area (Å²) in [6.45, 7) is 0. The number of nitrogens with one attached hydrogen (secondary N) is 1.